The van der Waals surface area contributed by atoms with E-state index >= 15 is 0 Å². The quantitative estimate of drug-likeness (QED) is 0.806. The van der Waals surface area contributed by atoms with E-state index in [1.807, 2.05) is 9.80 Å². The molecule has 0 unspecified atom stereocenters. The molecule has 2 bridgehead atoms. The van der Waals surface area contributed by atoms with Gasteiger partial charge in [-0.3, -0.25) is 4.79 Å². The fourth-order valence-electron chi connectivity index (χ4n) is 5.10. The van der Waals surface area contributed by atoms with Gasteiger partial charge in [0.25, 0.3) is 0 Å². The van der Waals surface area contributed by atoms with Crippen LogP contribution < -0.4 is 5.32 Å². The number of urea groups is 1. The first kappa shape index (κ1) is 16.6. The molecule has 0 radical (unpaired) electrons. The van der Waals surface area contributed by atoms with Crippen LogP contribution in [0.4, 0.5) is 4.79 Å². The third kappa shape index (κ3) is 2.62. The van der Waals surface area contributed by atoms with Gasteiger partial charge in [0.1, 0.15) is 0 Å². The van der Waals surface area contributed by atoms with Crippen LogP contribution in [0.15, 0.2) is 0 Å². The van der Waals surface area contributed by atoms with Gasteiger partial charge in [0, 0.05) is 39.1 Å². The van der Waals surface area contributed by atoms with Crippen molar-refractivity contribution >= 4 is 11.9 Å². The number of carbonyl (C=O) groups is 2. The monoisotopic (exact) mass is 321 g/mol. The average Bonchev–Trinajstić information content (AvgIpc) is 2.75. The Hall–Kier alpha value is -1.26. The van der Waals surface area contributed by atoms with E-state index in [9.17, 15) is 9.59 Å². The Bertz CT molecular complexity index is 504. The SMILES string of the molecule is CC(=O)N1CCCN(C(=O)N[C@@H]2C[C@H]3CC[C@@]2(C)C3(C)C)CC1. The maximum Gasteiger partial charge on any atom is 0.317 e. The Kier molecular flexibility index (Phi) is 4.09. The van der Waals surface area contributed by atoms with E-state index in [1.165, 1.54) is 12.8 Å². The van der Waals surface area contributed by atoms with Gasteiger partial charge < -0.3 is 15.1 Å². The van der Waals surface area contributed by atoms with Crippen molar-refractivity contribution in [2.45, 2.75) is 59.4 Å². The molecule has 1 saturated heterocycles. The predicted molar refractivity (Wildman–Crippen MR) is 90.0 cm³/mol. The lowest BCUT2D eigenvalue weighted by molar-refractivity contribution is -0.128. The highest BCUT2D eigenvalue weighted by molar-refractivity contribution is 5.76. The molecule has 0 aromatic carbocycles. The molecule has 23 heavy (non-hydrogen) atoms. The molecule has 3 atom stereocenters. The number of hydrogen-bond acceptors (Lipinski definition) is 2. The molecule has 1 heterocycles. The van der Waals surface area contributed by atoms with Crippen LogP contribution in [-0.2, 0) is 4.79 Å². The minimum Gasteiger partial charge on any atom is -0.341 e. The standard InChI is InChI=1S/C18H31N3O2/c1-13(22)20-8-5-9-21(11-10-20)16(23)19-15-12-14-6-7-18(15,4)17(14,2)3/h14-15H,5-12H2,1-4H3,(H,19,23)/t14-,15-,18-/m1/s1. The van der Waals surface area contributed by atoms with Crippen molar-refractivity contribution in [2.24, 2.45) is 16.7 Å². The van der Waals surface area contributed by atoms with Gasteiger partial charge in [0.2, 0.25) is 5.91 Å². The van der Waals surface area contributed by atoms with E-state index in [2.05, 4.69) is 26.1 Å². The first-order valence-corrected chi connectivity index (χ1v) is 9.06. The number of rotatable bonds is 1. The van der Waals surface area contributed by atoms with Gasteiger partial charge in [-0.05, 0) is 42.4 Å². The summed E-state index contributed by atoms with van der Waals surface area (Å²) in [6.45, 7) is 11.5. The summed E-state index contributed by atoms with van der Waals surface area (Å²) in [5.41, 5.74) is 0.528. The Balaban J connectivity index is 1.61. The molecule has 3 fully saturated rings. The second-order valence-electron chi connectivity index (χ2n) is 8.46. The van der Waals surface area contributed by atoms with Crippen LogP contribution in [0.1, 0.15) is 53.4 Å². The van der Waals surface area contributed by atoms with Crippen molar-refractivity contribution in [1.82, 2.24) is 15.1 Å². The maximum atomic E-state index is 12.7. The van der Waals surface area contributed by atoms with Crippen LogP contribution in [0, 0.1) is 16.7 Å². The summed E-state index contributed by atoms with van der Waals surface area (Å²) in [5.74, 6) is 0.838. The molecule has 1 aliphatic heterocycles. The Morgan fingerprint density at radius 3 is 2.26 bits per heavy atom. The van der Waals surface area contributed by atoms with Crippen molar-refractivity contribution < 1.29 is 9.59 Å². The molecule has 2 aliphatic carbocycles. The summed E-state index contributed by atoms with van der Waals surface area (Å²) in [5, 5.41) is 3.33. The van der Waals surface area contributed by atoms with Crippen molar-refractivity contribution in [1.29, 1.82) is 0 Å². The van der Waals surface area contributed by atoms with E-state index in [1.54, 1.807) is 6.92 Å². The normalized spacial score (nSPS) is 36.0. The predicted octanol–water partition coefficient (Wildman–Crippen LogP) is 2.46. The molecule has 2 saturated carbocycles. The number of hydrogen-bond donors (Lipinski definition) is 1. The zero-order valence-corrected chi connectivity index (χ0v) is 15.0. The zero-order chi connectivity index (χ0) is 16.8. The molecule has 130 valence electrons. The lowest BCUT2D eigenvalue weighted by Gasteiger charge is -2.40. The van der Waals surface area contributed by atoms with Crippen LogP contribution >= 0.6 is 0 Å². The fourth-order valence-corrected chi connectivity index (χ4v) is 5.10. The molecule has 3 rings (SSSR count). The minimum absolute atomic E-state index is 0.0602. The highest BCUT2D eigenvalue weighted by atomic mass is 16.2. The molecule has 0 spiro atoms. The smallest absolute Gasteiger partial charge is 0.317 e. The van der Waals surface area contributed by atoms with Gasteiger partial charge in [-0.15, -0.1) is 0 Å². The van der Waals surface area contributed by atoms with Crippen molar-refractivity contribution in [3.05, 3.63) is 0 Å². The molecule has 0 aromatic rings. The second-order valence-corrected chi connectivity index (χ2v) is 8.46. The van der Waals surface area contributed by atoms with Crippen molar-refractivity contribution in [3.8, 4) is 0 Å². The van der Waals surface area contributed by atoms with Crippen LogP contribution in [0.2, 0.25) is 0 Å². The van der Waals surface area contributed by atoms with Gasteiger partial charge in [-0.2, -0.15) is 0 Å². The molecule has 3 aliphatic rings. The lowest BCUT2D eigenvalue weighted by Crippen LogP contribution is -2.52. The van der Waals surface area contributed by atoms with Crippen molar-refractivity contribution in [3.63, 3.8) is 0 Å². The fraction of sp³-hybridized carbons (Fsp3) is 0.889. The molecular formula is C18H31N3O2. The summed E-state index contributed by atoms with van der Waals surface area (Å²) < 4.78 is 0. The largest absolute Gasteiger partial charge is 0.341 e. The highest BCUT2D eigenvalue weighted by Crippen LogP contribution is 2.65. The van der Waals surface area contributed by atoms with Crippen LogP contribution in [0.25, 0.3) is 0 Å². The molecule has 5 heteroatoms. The van der Waals surface area contributed by atoms with E-state index in [0.717, 1.165) is 31.8 Å². The topological polar surface area (TPSA) is 52.7 Å². The molecule has 1 N–H and O–H groups in total. The molecule has 0 aromatic heterocycles. The van der Waals surface area contributed by atoms with Crippen LogP contribution in [0.3, 0.4) is 0 Å². The summed E-state index contributed by atoms with van der Waals surface area (Å²) >= 11 is 0. The van der Waals surface area contributed by atoms with E-state index in [0.29, 0.717) is 18.5 Å². The Morgan fingerprint density at radius 2 is 1.70 bits per heavy atom. The van der Waals surface area contributed by atoms with Crippen molar-refractivity contribution in [2.75, 3.05) is 26.2 Å². The summed E-state index contributed by atoms with van der Waals surface area (Å²) in [6.07, 6.45) is 4.49. The average molecular weight is 321 g/mol. The number of nitrogens with zero attached hydrogens (tertiary/aromatic N) is 2. The number of amides is 3. The first-order chi connectivity index (χ1) is 10.8. The van der Waals surface area contributed by atoms with Gasteiger partial charge in [0.15, 0.2) is 0 Å². The van der Waals surface area contributed by atoms with E-state index in [-0.39, 0.29) is 23.4 Å². The van der Waals surface area contributed by atoms with Gasteiger partial charge in [0.05, 0.1) is 0 Å². The minimum atomic E-state index is 0.0602. The second kappa shape index (κ2) is 5.67. The number of carbonyl (C=O) groups excluding carboxylic acids is 2. The van der Waals surface area contributed by atoms with Crippen LogP contribution in [0.5, 0.6) is 0 Å². The van der Waals surface area contributed by atoms with Gasteiger partial charge in [-0.25, -0.2) is 4.79 Å². The number of nitrogens with one attached hydrogen (secondary N) is 1. The van der Waals surface area contributed by atoms with Gasteiger partial charge in [-0.1, -0.05) is 20.8 Å². The third-order valence-corrected chi connectivity index (χ3v) is 7.32. The van der Waals surface area contributed by atoms with E-state index < -0.39 is 0 Å². The molecule has 3 amide bonds. The Labute approximate surface area is 139 Å². The summed E-state index contributed by atoms with van der Waals surface area (Å²) in [4.78, 5) is 28.0. The van der Waals surface area contributed by atoms with Gasteiger partial charge >= 0.3 is 6.03 Å². The summed E-state index contributed by atoms with van der Waals surface area (Å²) in [7, 11) is 0. The maximum absolute atomic E-state index is 12.7. The lowest BCUT2D eigenvalue weighted by atomic mass is 9.69. The van der Waals surface area contributed by atoms with Crippen LogP contribution in [-0.4, -0.2) is 54.0 Å². The third-order valence-electron chi connectivity index (χ3n) is 7.32. The van der Waals surface area contributed by atoms with E-state index in [4.69, 9.17) is 0 Å². The molecular weight excluding hydrogens is 290 g/mol. The summed E-state index contributed by atoms with van der Waals surface area (Å²) in [6, 6.07) is 0.348. The number of fused-ring (bicyclic) bond motifs is 2. The zero-order valence-electron chi connectivity index (χ0n) is 15.0. The Morgan fingerprint density at radius 1 is 1.04 bits per heavy atom. The highest BCUT2D eigenvalue weighted by Gasteiger charge is 2.61. The molecule has 5 nitrogen and oxygen atoms in total. The first-order valence-electron chi connectivity index (χ1n) is 9.06.